The van der Waals surface area contributed by atoms with E-state index in [2.05, 4.69) is 27.7 Å². The van der Waals surface area contributed by atoms with E-state index in [1.165, 1.54) is 0 Å². The van der Waals surface area contributed by atoms with Crippen molar-refractivity contribution < 1.29 is 28.6 Å². The number of rotatable bonds is 0. The summed E-state index contributed by atoms with van der Waals surface area (Å²) in [6.07, 6.45) is 4.98. The number of likely N-dealkylation sites (tertiary alicyclic amines) is 3. The van der Waals surface area contributed by atoms with Crippen molar-refractivity contribution in [1.82, 2.24) is 14.7 Å². The van der Waals surface area contributed by atoms with E-state index >= 15 is 0 Å². The Bertz CT molecular complexity index is 811. The van der Waals surface area contributed by atoms with E-state index in [9.17, 15) is 14.4 Å². The summed E-state index contributed by atoms with van der Waals surface area (Å²) < 4.78 is 15.9. The molecule has 3 fully saturated rings. The van der Waals surface area contributed by atoms with Gasteiger partial charge >= 0.3 is 18.3 Å². The molecule has 0 radical (unpaired) electrons. The zero-order valence-electron chi connectivity index (χ0n) is 29.9. The molecular weight excluding hydrogens is 546 g/mol. The van der Waals surface area contributed by atoms with Crippen LogP contribution < -0.4 is 0 Å². The highest BCUT2D eigenvalue weighted by Crippen LogP contribution is 2.24. The van der Waals surface area contributed by atoms with Crippen LogP contribution in [0.25, 0.3) is 0 Å². The van der Waals surface area contributed by atoms with Gasteiger partial charge in [-0.15, -0.1) is 0 Å². The average molecular weight is 612 g/mol. The second kappa shape index (κ2) is 16.8. The Balaban J connectivity index is 0.000000323. The van der Waals surface area contributed by atoms with E-state index in [0.29, 0.717) is 11.8 Å². The van der Waals surface area contributed by atoms with Crippen LogP contribution in [-0.2, 0) is 14.2 Å². The zero-order valence-corrected chi connectivity index (χ0v) is 29.9. The van der Waals surface area contributed by atoms with Gasteiger partial charge in [-0.05, 0) is 118 Å². The Labute approximate surface area is 263 Å². The fourth-order valence-electron chi connectivity index (χ4n) is 4.79. The highest BCUT2D eigenvalue weighted by molar-refractivity contribution is 5.69. The Morgan fingerprint density at radius 2 is 0.744 bits per heavy atom. The van der Waals surface area contributed by atoms with E-state index in [1.54, 1.807) is 0 Å². The molecule has 0 aromatic heterocycles. The van der Waals surface area contributed by atoms with E-state index in [1.807, 2.05) is 77.0 Å². The Hall–Kier alpha value is -2.19. The van der Waals surface area contributed by atoms with Gasteiger partial charge in [0.1, 0.15) is 16.8 Å². The minimum absolute atomic E-state index is 0.163. The summed E-state index contributed by atoms with van der Waals surface area (Å²) in [7, 11) is 0. The predicted octanol–water partition coefficient (Wildman–Crippen LogP) is 8.21. The quantitative estimate of drug-likeness (QED) is 0.257. The van der Waals surface area contributed by atoms with Crippen molar-refractivity contribution in [1.29, 1.82) is 0 Å². The van der Waals surface area contributed by atoms with E-state index < -0.39 is 0 Å². The van der Waals surface area contributed by atoms with Crippen LogP contribution in [0.3, 0.4) is 0 Å². The largest absolute Gasteiger partial charge is 0.444 e. The molecule has 9 heteroatoms. The average Bonchev–Trinajstić information content (AvgIpc) is 2.84. The lowest BCUT2D eigenvalue weighted by atomic mass is 9.89. The van der Waals surface area contributed by atoms with Gasteiger partial charge in [-0.3, -0.25) is 0 Å². The molecule has 3 rings (SSSR count). The summed E-state index contributed by atoms with van der Waals surface area (Å²) in [6, 6.07) is 0. The lowest BCUT2D eigenvalue weighted by Gasteiger charge is -2.36. The summed E-state index contributed by atoms with van der Waals surface area (Å²) in [6.45, 7) is 31.0. The third-order valence-electron chi connectivity index (χ3n) is 7.86. The number of ether oxygens (including phenoxy) is 3. The number of carbonyl (C=O) groups is 3. The smallest absolute Gasteiger partial charge is 0.410 e. The SMILES string of the molecule is CC1CCN(C(=O)OC(C)(C)C)CC1.CC1CCN(C(=O)OC(C)(C)C)CC1.C[C@@H]1CCN(C(=O)OC(C)(C)C)C[C@H]1C. The van der Waals surface area contributed by atoms with Crippen molar-refractivity contribution in [2.24, 2.45) is 23.7 Å². The van der Waals surface area contributed by atoms with Crippen LogP contribution >= 0.6 is 0 Å². The minimum Gasteiger partial charge on any atom is -0.444 e. The van der Waals surface area contributed by atoms with Gasteiger partial charge in [0.05, 0.1) is 0 Å². The number of hydrogen-bond acceptors (Lipinski definition) is 6. The molecule has 0 bridgehead atoms. The molecule has 3 amide bonds. The van der Waals surface area contributed by atoms with E-state index in [-0.39, 0.29) is 35.1 Å². The molecule has 252 valence electrons. The fourth-order valence-corrected chi connectivity index (χ4v) is 4.79. The molecule has 0 unspecified atom stereocenters. The molecule has 3 saturated heterocycles. The van der Waals surface area contributed by atoms with Gasteiger partial charge in [0.15, 0.2) is 0 Å². The first-order chi connectivity index (χ1) is 19.6. The molecule has 2 atom stereocenters. The van der Waals surface area contributed by atoms with Gasteiger partial charge in [-0.1, -0.05) is 27.7 Å². The number of amides is 3. The first kappa shape index (κ1) is 38.8. The van der Waals surface area contributed by atoms with Gasteiger partial charge < -0.3 is 28.9 Å². The molecule has 0 N–H and O–H groups in total. The Morgan fingerprint density at radius 3 is 1.02 bits per heavy atom. The molecule has 3 aliphatic rings. The lowest BCUT2D eigenvalue weighted by Crippen LogP contribution is -2.44. The lowest BCUT2D eigenvalue weighted by molar-refractivity contribution is 0.0125. The van der Waals surface area contributed by atoms with Crippen LogP contribution in [0.5, 0.6) is 0 Å². The number of piperidine rings is 3. The second-order valence-electron chi connectivity index (χ2n) is 16.0. The zero-order chi connectivity index (χ0) is 33.2. The Morgan fingerprint density at radius 1 is 0.465 bits per heavy atom. The van der Waals surface area contributed by atoms with Gasteiger partial charge in [-0.2, -0.15) is 0 Å². The maximum Gasteiger partial charge on any atom is 0.410 e. The van der Waals surface area contributed by atoms with Crippen molar-refractivity contribution in [2.75, 3.05) is 39.3 Å². The summed E-state index contributed by atoms with van der Waals surface area (Å²) in [5.74, 6) is 2.78. The van der Waals surface area contributed by atoms with Crippen LogP contribution in [0.15, 0.2) is 0 Å². The molecule has 0 aromatic carbocycles. The second-order valence-corrected chi connectivity index (χ2v) is 16.0. The highest BCUT2D eigenvalue weighted by atomic mass is 16.6. The van der Waals surface area contributed by atoms with Crippen LogP contribution in [0, 0.1) is 23.7 Å². The van der Waals surface area contributed by atoms with Crippen LogP contribution in [-0.4, -0.2) is 89.1 Å². The summed E-state index contributed by atoms with van der Waals surface area (Å²) >= 11 is 0. The van der Waals surface area contributed by atoms with Crippen molar-refractivity contribution >= 4 is 18.3 Å². The van der Waals surface area contributed by atoms with Crippen LogP contribution in [0.4, 0.5) is 14.4 Å². The molecule has 0 saturated carbocycles. The number of nitrogens with zero attached hydrogens (tertiary/aromatic N) is 3. The highest BCUT2D eigenvalue weighted by Gasteiger charge is 2.29. The van der Waals surface area contributed by atoms with Gasteiger partial charge in [0.2, 0.25) is 0 Å². The van der Waals surface area contributed by atoms with Gasteiger partial charge in [0.25, 0.3) is 0 Å². The third kappa shape index (κ3) is 17.0. The summed E-state index contributed by atoms with van der Waals surface area (Å²) in [5, 5.41) is 0. The van der Waals surface area contributed by atoms with Crippen molar-refractivity contribution in [3.05, 3.63) is 0 Å². The summed E-state index contributed by atoms with van der Waals surface area (Å²) in [4.78, 5) is 40.5. The van der Waals surface area contributed by atoms with Gasteiger partial charge in [0, 0.05) is 39.3 Å². The molecule has 0 aromatic rings. The van der Waals surface area contributed by atoms with E-state index in [0.717, 1.165) is 83.2 Å². The third-order valence-corrected chi connectivity index (χ3v) is 7.86. The van der Waals surface area contributed by atoms with Crippen molar-refractivity contribution in [3.63, 3.8) is 0 Å². The predicted molar refractivity (Wildman–Crippen MR) is 173 cm³/mol. The van der Waals surface area contributed by atoms with Crippen molar-refractivity contribution in [3.8, 4) is 0 Å². The Kier molecular flexibility index (Phi) is 15.1. The molecule has 0 aliphatic carbocycles. The summed E-state index contributed by atoms with van der Waals surface area (Å²) in [5.41, 5.74) is -1.14. The van der Waals surface area contributed by atoms with Crippen LogP contribution in [0.2, 0.25) is 0 Å². The van der Waals surface area contributed by atoms with Crippen molar-refractivity contribution in [2.45, 2.75) is 139 Å². The van der Waals surface area contributed by atoms with Gasteiger partial charge in [-0.25, -0.2) is 14.4 Å². The first-order valence-corrected chi connectivity index (χ1v) is 16.5. The topological polar surface area (TPSA) is 88.6 Å². The standard InChI is InChI=1S/C12H23NO2.2C11H21NO2/c1-9-6-7-13(8-10(9)2)11(14)15-12(3,4)5;2*1-9-5-7-12(8-6-9)10(13)14-11(2,3)4/h9-10H,6-8H2,1-5H3;2*9H,5-8H2,1-4H3/t9-,10-;;/m1../s1. The maximum absolute atomic E-state index is 11.8. The minimum atomic E-state index is -0.386. The fraction of sp³-hybridized carbons (Fsp3) is 0.912. The molecular formula is C34H65N3O6. The molecule has 3 aliphatic heterocycles. The monoisotopic (exact) mass is 611 g/mol. The first-order valence-electron chi connectivity index (χ1n) is 16.5. The van der Waals surface area contributed by atoms with E-state index in [4.69, 9.17) is 14.2 Å². The number of carbonyl (C=O) groups excluding carboxylic acids is 3. The molecule has 3 heterocycles. The maximum atomic E-state index is 11.8. The van der Waals surface area contributed by atoms with Crippen LogP contribution in [0.1, 0.15) is 122 Å². The normalized spacial score (nSPS) is 22.4. The molecule has 43 heavy (non-hydrogen) atoms. The molecule has 9 nitrogen and oxygen atoms in total. The number of hydrogen-bond donors (Lipinski definition) is 0. The molecule has 0 spiro atoms.